The highest BCUT2D eigenvalue weighted by Gasteiger charge is 2.24. The molecule has 2 aromatic heterocycles. The monoisotopic (exact) mass is 291 g/mol. The molecule has 0 saturated carbocycles. The van der Waals surface area contributed by atoms with Gasteiger partial charge in [0.15, 0.2) is 0 Å². The van der Waals surface area contributed by atoms with Gasteiger partial charge in [-0.05, 0) is 29.3 Å². The molecule has 1 saturated heterocycles. The third-order valence-corrected chi connectivity index (χ3v) is 4.17. The minimum atomic E-state index is -0.0791. The first-order chi connectivity index (χ1) is 9.72. The summed E-state index contributed by atoms with van der Waals surface area (Å²) >= 11 is 1.72. The van der Waals surface area contributed by atoms with Crippen LogP contribution in [-0.4, -0.2) is 57.1 Å². The van der Waals surface area contributed by atoms with Crippen LogP contribution in [0, 0.1) is 6.92 Å². The first-order valence-electron chi connectivity index (χ1n) is 6.64. The van der Waals surface area contributed by atoms with Gasteiger partial charge in [-0.3, -0.25) is 14.8 Å². The molecule has 0 spiro atoms. The van der Waals surface area contributed by atoms with Crippen molar-refractivity contribution >= 4 is 17.2 Å². The zero-order chi connectivity index (χ0) is 13.9. The fourth-order valence-corrected chi connectivity index (χ4v) is 2.99. The Labute approximate surface area is 121 Å². The van der Waals surface area contributed by atoms with Gasteiger partial charge in [0.1, 0.15) is 5.82 Å². The Bertz CT molecular complexity index is 571. The molecule has 1 aliphatic heterocycles. The van der Waals surface area contributed by atoms with Crippen molar-refractivity contribution < 1.29 is 4.79 Å². The van der Waals surface area contributed by atoms with E-state index in [9.17, 15) is 4.79 Å². The molecule has 2 aromatic rings. The lowest BCUT2D eigenvalue weighted by Gasteiger charge is -2.34. The summed E-state index contributed by atoms with van der Waals surface area (Å²) in [5.74, 6) is 0.864. The normalized spacial score (nSPS) is 16.6. The van der Waals surface area contributed by atoms with Crippen molar-refractivity contribution in [3.63, 3.8) is 0 Å². The van der Waals surface area contributed by atoms with E-state index in [1.54, 1.807) is 18.3 Å². The summed E-state index contributed by atoms with van der Waals surface area (Å²) in [5.41, 5.74) is 1.35. The maximum absolute atomic E-state index is 12.2. The summed E-state index contributed by atoms with van der Waals surface area (Å²) in [6.45, 7) is 6.01. The van der Waals surface area contributed by atoms with Crippen LogP contribution in [0.5, 0.6) is 0 Å². The first kappa shape index (κ1) is 13.3. The molecule has 0 unspecified atom stereocenters. The molecule has 1 fully saturated rings. The minimum Gasteiger partial charge on any atom is -0.333 e. The summed E-state index contributed by atoms with van der Waals surface area (Å²) in [7, 11) is 0. The number of H-pyrrole nitrogens is 1. The van der Waals surface area contributed by atoms with Gasteiger partial charge in [-0.25, -0.2) is 4.98 Å². The number of aromatic amines is 1. The molecule has 0 atom stereocenters. The topological polar surface area (TPSA) is 65.1 Å². The molecule has 106 valence electrons. The quantitative estimate of drug-likeness (QED) is 0.921. The number of hydrogen-bond acceptors (Lipinski definition) is 5. The second-order valence-electron chi connectivity index (χ2n) is 4.94. The van der Waals surface area contributed by atoms with E-state index in [4.69, 9.17) is 0 Å². The lowest BCUT2D eigenvalue weighted by atomic mass is 10.2. The molecule has 0 bridgehead atoms. The van der Waals surface area contributed by atoms with Crippen molar-refractivity contribution in [1.82, 2.24) is 25.0 Å². The predicted molar refractivity (Wildman–Crippen MR) is 76.6 cm³/mol. The number of aromatic nitrogens is 3. The van der Waals surface area contributed by atoms with Crippen molar-refractivity contribution in [3.05, 3.63) is 34.0 Å². The lowest BCUT2D eigenvalue weighted by Crippen LogP contribution is -2.48. The van der Waals surface area contributed by atoms with Crippen molar-refractivity contribution in [2.24, 2.45) is 0 Å². The summed E-state index contributed by atoms with van der Waals surface area (Å²) < 4.78 is 0. The average Bonchev–Trinajstić information content (AvgIpc) is 3.10. The number of amides is 1. The van der Waals surface area contributed by atoms with Crippen LogP contribution in [0.25, 0.3) is 0 Å². The highest BCUT2D eigenvalue weighted by Crippen LogP contribution is 2.12. The van der Waals surface area contributed by atoms with Crippen molar-refractivity contribution in [2.75, 3.05) is 26.2 Å². The highest BCUT2D eigenvalue weighted by atomic mass is 32.1. The summed E-state index contributed by atoms with van der Waals surface area (Å²) in [6.07, 6.45) is 0. The van der Waals surface area contributed by atoms with E-state index in [-0.39, 0.29) is 11.7 Å². The predicted octanol–water partition coefficient (Wildman–Crippen LogP) is 1.13. The van der Waals surface area contributed by atoms with Gasteiger partial charge < -0.3 is 4.90 Å². The number of rotatable bonds is 3. The SMILES string of the molecule is Cc1nc(C(=O)N2CCN(Cc3ccsc3)CC2)n[nH]1. The van der Waals surface area contributed by atoms with Gasteiger partial charge in [-0.15, -0.1) is 5.10 Å². The summed E-state index contributed by atoms with van der Waals surface area (Å²) in [4.78, 5) is 20.5. The molecule has 3 heterocycles. The number of piperazine rings is 1. The van der Waals surface area contributed by atoms with E-state index in [0.29, 0.717) is 5.82 Å². The van der Waals surface area contributed by atoms with Crippen LogP contribution in [0.15, 0.2) is 16.8 Å². The number of nitrogens with one attached hydrogen (secondary N) is 1. The van der Waals surface area contributed by atoms with E-state index in [0.717, 1.165) is 32.7 Å². The largest absolute Gasteiger partial charge is 0.333 e. The molecular weight excluding hydrogens is 274 g/mol. The fraction of sp³-hybridized carbons (Fsp3) is 0.462. The molecule has 1 N–H and O–H groups in total. The molecule has 0 radical (unpaired) electrons. The van der Waals surface area contributed by atoms with Gasteiger partial charge in [0.05, 0.1) is 0 Å². The smallest absolute Gasteiger partial charge is 0.293 e. The number of hydrogen-bond donors (Lipinski definition) is 1. The molecule has 1 aliphatic rings. The summed E-state index contributed by atoms with van der Waals surface area (Å²) in [6, 6.07) is 2.15. The van der Waals surface area contributed by atoms with E-state index in [1.807, 2.05) is 4.90 Å². The lowest BCUT2D eigenvalue weighted by molar-refractivity contribution is 0.0617. The molecule has 0 aromatic carbocycles. The number of nitrogens with zero attached hydrogens (tertiary/aromatic N) is 4. The minimum absolute atomic E-state index is 0.0791. The average molecular weight is 291 g/mol. The van der Waals surface area contributed by atoms with Gasteiger partial charge in [0, 0.05) is 32.7 Å². The molecule has 1 amide bonds. The third-order valence-electron chi connectivity index (χ3n) is 3.43. The Kier molecular flexibility index (Phi) is 3.79. The Morgan fingerprint density at radius 2 is 2.20 bits per heavy atom. The number of carbonyl (C=O) groups is 1. The molecular formula is C13H17N5OS. The van der Waals surface area contributed by atoms with Gasteiger partial charge in [-0.2, -0.15) is 11.3 Å². The van der Waals surface area contributed by atoms with Crippen molar-refractivity contribution in [2.45, 2.75) is 13.5 Å². The molecule has 6 nitrogen and oxygen atoms in total. The zero-order valence-electron chi connectivity index (χ0n) is 11.4. The number of aryl methyl sites for hydroxylation is 1. The molecule has 7 heteroatoms. The summed E-state index contributed by atoms with van der Waals surface area (Å²) in [5, 5.41) is 10.9. The van der Waals surface area contributed by atoms with Crippen LogP contribution in [-0.2, 0) is 6.54 Å². The fourth-order valence-electron chi connectivity index (χ4n) is 2.33. The van der Waals surface area contributed by atoms with Gasteiger partial charge in [0.25, 0.3) is 5.91 Å². The van der Waals surface area contributed by atoms with Gasteiger partial charge >= 0.3 is 0 Å². The van der Waals surface area contributed by atoms with Crippen LogP contribution in [0.2, 0.25) is 0 Å². The van der Waals surface area contributed by atoms with Crippen LogP contribution < -0.4 is 0 Å². The Morgan fingerprint density at radius 1 is 1.40 bits per heavy atom. The maximum atomic E-state index is 12.2. The molecule has 3 rings (SSSR count). The van der Waals surface area contributed by atoms with Crippen LogP contribution in [0.1, 0.15) is 22.0 Å². The van der Waals surface area contributed by atoms with E-state index < -0.39 is 0 Å². The van der Waals surface area contributed by atoms with E-state index >= 15 is 0 Å². The molecule has 0 aliphatic carbocycles. The Morgan fingerprint density at radius 3 is 2.80 bits per heavy atom. The van der Waals surface area contributed by atoms with E-state index in [1.165, 1.54) is 5.56 Å². The van der Waals surface area contributed by atoms with Gasteiger partial charge in [0.2, 0.25) is 5.82 Å². The number of carbonyl (C=O) groups excluding carboxylic acids is 1. The standard InChI is InChI=1S/C13H17N5OS/c1-10-14-12(16-15-10)13(19)18-5-3-17(4-6-18)8-11-2-7-20-9-11/h2,7,9H,3-6,8H2,1H3,(H,14,15,16). The Balaban J connectivity index is 1.54. The number of thiophene rings is 1. The van der Waals surface area contributed by atoms with Gasteiger partial charge in [-0.1, -0.05) is 0 Å². The third kappa shape index (κ3) is 2.88. The van der Waals surface area contributed by atoms with Crippen molar-refractivity contribution in [1.29, 1.82) is 0 Å². The second-order valence-corrected chi connectivity index (χ2v) is 5.72. The zero-order valence-corrected chi connectivity index (χ0v) is 12.2. The second kappa shape index (κ2) is 5.72. The van der Waals surface area contributed by atoms with Crippen LogP contribution in [0.4, 0.5) is 0 Å². The Hall–Kier alpha value is -1.73. The van der Waals surface area contributed by atoms with Crippen LogP contribution in [0.3, 0.4) is 0 Å². The molecule has 20 heavy (non-hydrogen) atoms. The highest BCUT2D eigenvalue weighted by molar-refractivity contribution is 7.07. The first-order valence-corrected chi connectivity index (χ1v) is 7.58. The maximum Gasteiger partial charge on any atom is 0.293 e. The van der Waals surface area contributed by atoms with Crippen LogP contribution >= 0.6 is 11.3 Å². The van der Waals surface area contributed by atoms with E-state index in [2.05, 4.69) is 36.9 Å². The van der Waals surface area contributed by atoms with Crippen molar-refractivity contribution in [3.8, 4) is 0 Å².